The molecular weight excluding hydrogens is 204 g/mol. The van der Waals surface area contributed by atoms with E-state index in [-0.39, 0.29) is 5.41 Å². The molecule has 0 bridgehead atoms. The Hall–Kier alpha value is -1.01. The molecule has 1 aromatic rings. The van der Waals surface area contributed by atoms with Crippen molar-refractivity contribution in [1.82, 2.24) is 0 Å². The first-order chi connectivity index (χ1) is 7.12. The van der Waals surface area contributed by atoms with E-state index < -0.39 is 0 Å². The highest BCUT2D eigenvalue weighted by atomic mass is 32.1. The Kier molecular flexibility index (Phi) is 2.47. The Balaban J connectivity index is 2.65. The molecule has 1 aliphatic rings. The Morgan fingerprint density at radius 1 is 1.60 bits per heavy atom. The molecule has 0 aromatic carbocycles. The molecule has 15 heavy (non-hydrogen) atoms. The quantitative estimate of drug-likeness (QED) is 0.790. The van der Waals surface area contributed by atoms with E-state index in [9.17, 15) is 0 Å². The number of anilines is 1. The number of hydrogen-bond acceptors (Lipinski definition) is 3. The van der Waals surface area contributed by atoms with Crippen molar-refractivity contribution in [2.45, 2.75) is 44.9 Å². The molecule has 80 valence electrons. The van der Waals surface area contributed by atoms with E-state index in [4.69, 9.17) is 11.0 Å². The van der Waals surface area contributed by atoms with Crippen molar-refractivity contribution in [3.05, 3.63) is 16.0 Å². The van der Waals surface area contributed by atoms with Crippen molar-refractivity contribution < 1.29 is 0 Å². The van der Waals surface area contributed by atoms with Crippen LogP contribution in [0.3, 0.4) is 0 Å². The largest absolute Gasteiger partial charge is 0.389 e. The number of thiophene rings is 1. The highest BCUT2D eigenvalue weighted by Crippen LogP contribution is 2.46. The van der Waals surface area contributed by atoms with Crippen LogP contribution in [0.1, 0.15) is 49.1 Å². The van der Waals surface area contributed by atoms with Crippen molar-refractivity contribution in [1.29, 1.82) is 5.26 Å². The number of nitrogens with two attached hydrogens (primary N) is 1. The lowest BCUT2D eigenvalue weighted by molar-refractivity contribution is 0.384. The molecule has 0 saturated heterocycles. The van der Waals surface area contributed by atoms with Gasteiger partial charge in [0.05, 0.1) is 5.56 Å². The predicted molar refractivity (Wildman–Crippen MR) is 64.0 cm³/mol. The maximum Gasteiger partial charge on any atom is 0.104 e. The average molecular weight is 220 g/mol. The average Bonchev–Trinajstić information content (AvgIpc) is 2.55. The van der Waals surface area contributed by atoms with Crippen LogP contribution >= 0.6 is 11.3 Å². The molecule has 1 aromatic heterocycles. The monoisotopic (exact) mass is 220 g/mol. The maximum absolute atomic E-state index is 9.17. The Bertz CT molecular complexity index is 428. The third-order valence-corrected chi connectivity index (χ3v) is 4.72. The minimum Gasteiger partial charge on any atom is -0.389 e. The summed E-state index contributed by atoms with van der Waals surface area (Å²) in [4.78, 5) is 1.35. The van der Waals surface area contributed by atoms with Crippen LogP contribution in [0.15, 0.2) is 0 Å². The Labute approximate surface area is 94.7 Å². The topological polar surface area (TPSA) is 49.8 Å². The first-order valence-electron chi connectivity index (χ1n) is 5.44. The van der Waals surface area contributed by atoms with Crippen LogP contribution in [0.25, 0.3) is 0 Å². The summed E-state index contributed by atoms with van der Waals surface area (Å²) in [6, 6.07) is 2.28. The molecule has 1 aliphatic carbocycles. The highest BCUT2D eigenvalue weighted by Gasteiger charge is 2.35. The zero-order valence-corrected chi connectivity index (χ0v) is 10.1. The van der Waals surface area contributed by atoms with Gasteiger partial charge in [-0.05, 0) is 36.7 Å². The number of nitrogen functional groups attached to an aromatic ring is 1. The van der Waals surface area contributed by atoms with E-state index in [0.29, 0.717) is 5.00 Å². The highest BCUT2D eigenvalue weighted by molar-refractivity contribution is 7.16. The Morgan fingerprint density at radius 3 is 2.93 bits per heavy atom. The zero-order chi connectivity index (χ0) is 11.1. The summed E-state index contributed by atoms with van der Waals surface area (Å²) < 4.78 is 0. The molecule has 0 saturated carbocycles. The molecule has 1 atom stereocenters. The van der Waals surface area contributed by atoms with Crippen LogP contribution in [0.2, 0.25) is 0 Å². The second-order valence-corrected chi connectivity index (χ2v) is 5.66. The van der Waals surface area contributed by atoms with Gasteiger partial charge in [-0.15, -0.1) is 11.3 Å². The molecule has 0 spiro atoms. The number of fused-ring (bicyclic) bond motifs is 1. The van der Waals surface area contributed by atoms with Crippen molar-refractivity contribution in [3.63, 3.8) is 0 Å². The molecular formula is C12H16N2S. The van der Waals surface area contributed by atoms with Crippen LogP contribution in [0, 0.1) is 11.3 Å². The zero-order valence-electron chi connectivity index (χ0n) is 9.26. The van der Waals surface area contributed by atoms with E-state index in [1.165, 1.54) is 23.3 Å². The van der Waals surface area contributed by atoms with Crippen molar-refractivity contribution in [2.24, 2.45) is 0 Å². The molecule has 3 heteroatoms. The molecule has 2 rings (SSSR count). The second kappa shape index (κ2) is 3.53. The van der Waals surface area contributed by atoms with Crippen LogP contribution in [-0.4, -0.2) is 0 Å². The number of hydrogen-bond donors (Lipinski definition) is 1. The fraction of sp³-hybridized carbons (Fsp3) is 0.583. The van der Waals surface area contributed by atoms with E-state index in [2.05, 4.69) is 19.9 Å². The normalized spacial score (nSPS) is 24.6. The van der Waals surface area contributed by atoms with Gasteiger partial charge in [0.25, 0.3) is 0 Å². The van der Waals surface area contributed by atoms with Gasteiger partial charge in [0.1, 0.15) is 11.1 Å². The molecule has 0 unspecified atom stereocenters. The van der Waals surface area contributed by atoms with Gasteiger partial charge in [0.15, 0.2) is 0 Å². The van der Waals surface area contributed by atoms with Crippen LogP contribution in [0.4, 0.5) is 5.00 Å². The number of aryl methyl sites for hydroxylation is 1. The molecule has 0 fully saturated rings. The van der Waals surface area contributed by atoms with Gasteiger partial charge in [-0.2, -0.15) is 5.26 Å². The van der Waals surface area contributed by atoms with Crippen LogP contribution in [0.5, 0.6) is 0 Å². The van der Waals surface area contributed by atoms with E-state index in [1.807, 2.05) is 0 Å². The smallest absolute Gasteiger partial charge is 0.104 e. The van der Waals surface area contributed by atoms with E-state index in [0.717, 1.165) is 18.4 Å². The molecule has 0 radical (unpaired) electrons. The van der Waals surface area contributed by atoms with Crippen molar-refractivity contribution in [3.8, 4) is 6.07 Å². The summed E-state index contributed by atoms with van der Waals surface area (Å²) in [6.45, 7) is 4.46. The van der Waals surface area contributed by atoms with Gasteiger partial charge >= 0.3 is 0 Å². The molecule has 2 nitrogen and oxygen atoms in total. The van der Waals surface area contributed by atoms with E-state index >= 15 is 0 Å². The minimum absolute atomic E-state index is 0.173. The van der Waals surface area contributed by atoms with E-state index in [1.54, 1.807) is 11.3 Å². The third-order valence-electron chi connectivity index (χ3n) is 3.64. The molecule has 2 N–H and O–H groups in total. The lowest BCUT2D eigenvalue weighted by atomic mass is 9.71. The van der Waals surface area contributed by atoms with Gasteiger partial charge in [0, 0.05) is 4.88 Å². The summed E-state index contributed by atoms with van der Waals surface area (Å²) in [7, 11) is 0. The summed E-state index contributed by atoms with van der Waals surface area (Å²) in [5.74, 6) is 0. The van der Waals surface area contributed by atoms with Gasteiger partial charge in [-0.25, -0.2) is 0 Å². The Morgan fingerprint density at radius 2 is 2.33 bits per heavy atom. The lowest BCUT2D eigenvalue weighted by Gasteiger charge is -2.33. The van der Waals surface area contributed by atoms with Crippen LogP contribution in [-0.2, 0) is 11.8 Å². The molecule has 0 aliphatic heterocycles. The van der Waals surface area contributed by atoms with Crippen LogP contribution < -0.4 is 5.73 Å². The van der Waals surface area contributed by atoms with Gasteiger partial charge in [-0.1, -0.05) is 13.8 Å². The first-order valence-corrected chi connectivity index (χ1v) is 6.25. The molecule has 0 amide bonds. The summed E-state index contributed by atoms with van der Waals surface area (Å²) in [5.41, 5.74) is 8.08. The standard InChI is InChI=1S/C12H16N2S/c1-3-12(2)6-4-5-9-10(12)8(7-13)11(14)15-9/h3-6,14H2,1-2H3/t12-/m0/s1. The fourth-order valence-corrected chi connectivity index (χ4v) is 3.75. The summed E-state index contributed by atoms with van der Waals surface area (Å²) in [5, 5.41) is 9.88. The summed E-state index contributed by atoms with van der Waals surface area (Å²) >= 11 is 1.61. The fourth-order valence-electron chi connectivity index (χ4n) is 2.54. The first kappa shape index (κ1) is 10.5. The SMILES string of the molecule is CC[C@@]1(C)CCCc2sc(N)c(C#N)c21. The lowest BCUT2D eigenvalue weighted by Crippen LogP contribution is -2.26. The predicted octanol–water partition coefficient (Wildman–Crippen LogP) is 3.21. The minimum atomic E-state index is 0.173. The second-order valence-electron chi connectivity index (χ2n) is 4.52. The third kappa shape index (κ3) is 1.44. The number of nitriles is 1. The summed E-state index contributed by atoms with van der Waals surface area (Å²) in [6.07, 6.45) is 4.59. The molecule has 1 heterocycles. The maximum atomic E-state index is 9.17. The van der Waals surface area contributed by atoms with Crippen molar-refractivity contribution in [2.75, 3.05) is 5.73 Å². The number of rotatable bonds is 1. The van der Waals surface area contributed by atoms with Gasteiger partial charge in [0.2, 0.25) is 0 Å². The van der Waals surface area contributed by atoms with Crippen molar-refractivity contribution >= 4 is 16.3 Å². The van der Waals surface area contributed by atoms with Gasteiger partial charge in [-0.3, -0.25) is 0 Å². The number of nitrogens with zero attached hydrogens (tertiary/aromatic N) is 1. The van der Waals surface area contributed by atoms with Gasteiger partial charge < -0.3 is 5.73 Å².